The molecule has 2 rings (SSSR count). The summed E-state index contributed by atoms with van der Waals surface area (Å²) in [4.78, 5) is 36.2. The van der Waals surface area contributed by atoms with E-state index in [0.717, 1.165) is 5.56 Å². The van der Waals surface area contributed by atoms with Crippen LogP contribution in [0.2, 0.25) is 5.02 Å². The van der Waals surface area contributed by atoms with Crippen molar-refractivity contribution in [2.45, 2.75) is 13.0 Å². The lowest BCUT2D eigenvalue weighted by Gasteiger charge is -2.16. The van der Waals surface area contributed by atoms with Crippen LogP contribution in [-0.2, 0) is 14.3 Å². The van der Waals surface area contributed by atoms with E-state index in [1.807, 2.05) is 13.0 Å². The van der Waals surface area contributed by atoms with Gasteiger partial charge in [0.25, 0.3) is 11.1 Å². The number of rotatable bonds is 6. The number of amides is 2. The minimum Gasteiger partial charge on any atom is -0.454 e. The van der Waals surface area contributed by atoms with E-state index < -0.39 is 11.9 Å². The normalized spacial score (nSPS) is 15.4. The summed E-state index contributed by atoms with van der Waals surface area (Å²) in [6.45, 7) is 1.84. The summed E-state index contributed by atoms with van der Waals surface area (Å²) >= 11 is 7.07. The van der Waals surface area contributed by atoms with Crippen molar-refractivity contribution in [1.29, 1.82) is 0 Å². The zero-order valence-corrected chi connectivity index (χ0v) is 14.2. The van der Waals surface area contributed by atoms with Gasteiger partial charge >= 0.3 is 5.97 Å². The van der Waals surface area contributed by atoms with Crippen LogP contribution >= 0.6 is 23.4 Å². The molecule has 1 aromatic rings. The SMILES string of the molecule is C[C@H](NC(=O)COC(=O)CN1CCSC1=O)c1cccc(Cl)c1. The smallest absolute Gasteiger partial charge is 0.326 e. The highest BCUT2D eigenvalue weighted by atomic mass is 35.5. The second kappa shape index (κ2) is 8.21. The van der Waals surface area contributed by atoms with Crippen molar-refractivity contribution in [2.24, 2.45) is 0 Å². The Kier molecular flexibility index (Phi) is 6.29. The third-order valence-electron chi connectivity index (χ3n) is 3.26. The number of hydrogen-bond acceptors (Lipinski definition) is 5. The number of thioether (sulfide) groups is 1. The molecule has 0 spiro atoms. The van der Waals surface area contributed by atoms with Crippen LogP contribution in [0.1, 0.15) is 18.5 Å². The van der Waals surface area contributed by atoms with Gasteiger partial charge in [0, 0.05) is 17.3 Å². The lowest BCUT2D eigenvalue weighted by atomic mass is 10.1. The zero-order chi connectivity index (χ0) is 16.8. The molecule has 8 heteroatoms. The molecule has 1 fully saturated rings. The first kappa shape index (κ1) is 17.6. The molecule has 1 aliphatic rings. The number of esters is 1. The van der Waals surface area contributed by atoms with Crippen molar-refractivity contribution >= 4 is 40.5 Å². The Morgan fingerprint density at radius 3 is 2.91 bits per heavy atom. The summed E-state index contributed by atoms with van der Waals surface area (Å²) in [6.07, 6.45) is 0. The highest BCUT2D eigenvalue weighted by Gasteiger charge is 2.24. The molecule has 6 nitrogen and oxygen atoms in total. The molecule has 124 valence electrons. The Hall–Kier alpha value is -1.73. The molecule has 23 heavy (non-hydrogen) atoms. The van der Waals surface area contributed by atoms with Crippen molar-refractivity contribution in [3.63, 3.8) is 0 Å². The van der Waals surface area contributed by atoms with Crippen LogP contribution in [0.4, 0.5) is 4.79 Å². The fraction of sp³-hybridized carbons (Fsp3) is 0.400. The predicted octanol–water partition coefficient (Wildman–Crippen LogP) is 2.23. The summed E-state index contributed by atoms with van der Waals surface area (Å²) in [5.41, 5.74) is 0.858. The number of carbonyl (C=O) groups is 3. The molecule has 1 saturated heterocycles. The highest BCUT2D eigenvalue weighted by molar-refractivity contribution is 8.13. The number of nitrogens with one attached hydrogen (secondary N) is 1. The molecule has 0 radical (unpaired) electrons. The van der Waals surface area contributed by atoms with E-state index in [2.05, 4.69) is 5.32 Å². The summed E-state index contributed by atoms with van der Waals surface area (Å²) in [5.74, 6) is -0.330. The predicted molar refractivity (Wildman–Crippen MR) is 88.4 cm³/mol. The van der Waals surface area contributed by atoms with Crippen molar-refractivity contribution in [3.05, 3.63) is 34.9 Å². The maximum Gasteiger partial charge on any atom is 0.326 e. The molecule has 1 atom stereocenters. The average molecular weight is 357 g/mol. The van der Waals surface area contributed by atoms with Gasteiger partial charge in [-0.2, -0.15) is 0 Å². The fourth-order valence-corrected chi connectivity index (χ4v) is 3.08. The van der Waals surface area contributed by atoms with Crippen LogP contribution in [0.5, 0.6) is 0 Å². The molecule has 0 aliphatic carbocycles. The molecule has 0 aromatic heterocycles. The monoisotopic (exact) mass is 356 g/mol. The molecule has 0 unspecified atom stereocenters. The highest BCUT2D eigenvalue weighted by Crippen LogP contribution is 2.17. The van der Waals surface area contributed by atoms with Crippen LogP contribution < -0.4 is 5.32 Å². The van der Waals surface area contributed by atoms with Gasteiger partial charge in [-0.05, 0) is 24.6 Å². The molecule has 2 amide bonds. The first-order chi connectivity index (χ1) is 11.0. The van der Waals surface area contributed by atoms with Gasteiger partial charge in [0.2, 0.25) is 0 Å². The fourth-order valence-electron chi connectivity index (χ4n) is 2.06. The minimum absolute atomic E-state index is 0.122. The summed E-state index contributed by atoms with van der Waals surface area (Å²) < 4.78 is 4.89. The van der Waals surface area contributed by atoms with Gasteiger partial charge in [0.1, 0.15) is 6.54 Å². The minimum atomic E-state index is -0.591. The standard InChI is InChI=1S/C15H17ClN2O4S/c1-10(11-3-2-4-12(16)7-11)17-13(19)9-22-14(20)8-18-5-6-23-15(18)21/h2-4,7,10H,5-6,8-9H2,1H3,(H,17,19)/t10-/m0/s1. The third-order valence-corrected chi connectivity index (χ3v) is 4.38. The van der Waals surface area contributed by atoms with E-state index in [1.54, 1.807) is 18.2 Å². The van der Waals surface area contributed by atoms with E-state index in [0.29, 0.717) is 17.3 Å². The van der Waals surface area contributed by atoms with Gasteiger partial charge in [0.15, 0.2) is 6.61 Å². The Morgan fingerprint density at radius 1 is 1.48 bits per heavy atom. The van der Waals surface area contributed by atoms with Crippen LogP contribution in [0.3, 0.4) is 0 Å². The summed E-state index contributed by atoms with van der Waals surface area (Å²) in [6, 6.07) is 6.90. The van der Waals surface area contributed by atoms with Crippen molar-refractivity contribution in [3.8, 4) is 0 Å². The van der Waals surface area contributed by atoms with Gasteiger partial charge in [-0.3, -0.25) is 14.4 Å². The van der Waals surface area contributed by atoms with Crippen molar-refractivity contribution < 1.29 is 19.1 Å². The van der Waals surface area contributed by atoms with Crippen LogP contribution in [0, 0.1) is 0 Å². The Labute approximate surface area is 143 Å². The first-order valence-electron chi connectivity index (χ1n) is 7.08. The number of ether oxygens (including phenoxy) is 1. The van der Waals surface area contributed by atoms with E-state index in [1.165, 1.54) is 16.7 Å². The maximum absolute atomic E-state index is 11.8. The number of hydrogen-bond donors (Lipinski definition) is 1. The largest absolute Gasteiger partial charge is 0.454 e. The van der Waals surface area contributed by atoms with Gasteiger partial charge in [-0.25, -0.2) is 0 Å². The molecule has 0 bridgehead atoms. The number of nitrogens with zero attached hydrogens (tertiary/aromatic N) is 1. The van der Waals surface area contributed by atoms with Gasteiger partial charge < -0.3 is 15.0 Å². The number of benzene rings is 1. The van der Waals surface area contributed by atoms with Crippen LogP contribution in [0.15, 0.2) is 24.3 Å². The van der Waals surface area contributed by atoms with Crippen molar-refractivity contribution in [1.82, 2.24) is 10.2 Å². The molecule has 1 heterocycles. The molecule has 0 saturated carbocycles. The molecular formula is C15H17ClN2O4S. The molecular weight excluding hydrogens is 340 g/mol. The third kappa shape index (κ3) is 5.44. The van der Waals surface area contributed by atoms with E-state index in [4.69, 9.17) is 16.3 Å². The molecule has 1 N–H and O–H groups in total. The Bertz CT molecular complexity index is 611. The first-order valence-corrected chi connectivity index (χ1v) is 8.44. The van der Waals surface area contributed by atoms with Crippen molar-refractivity contribution in [2.75, 3.05) is 25.4 Å². The number of halogens is 1. The average Bonchev–Trinajstić information content (AvgIpc) is 2.90. The topological polar surface area (TPSA) is 75.7 Å². The van der Waals surface area contributed by atoms with Gasteiger partial charge in [-0.1, -0.05) is 35.5 Å². The van der Waals surface area contributed by atoms with Crippen LogP contribution in [0.25, 0.3) is 0 Å². The van der Waals surface area contributed by atoms with E-state index in [9.17, 15) is 14.4 Å². The number of carbonyl (C=O) groups excluding carboxylic acids is 3. The molecule has 1 aromatic carbocycles. The van der Waals surface area contributed by atoms with E-state index >= 15 is 0 Å². The van der Waals surface area contributed by atoms with E-state index in [-0.39, 0.29) is 24.4 Å². The lowest BCUT2D eigenvalue weighted by molar-refractivity contribution is -0.149. The summed E-state index contributed by atoms with van der Waals surface area (Å²) in [7, 11) is 0. The Balaban J connectivity index is 1.74. The quantitative estimate of drug-likeness (QED) is 0.791. The summed E-state index contributed by atoms with van der Waals surface area (Å²) in [5, 5.41) is 3.17. The lowest BCUT2D eigenvalue weighted by Crippen LogP contribution is -2.35. The maximum atomic E-state index is 11.8. The van der Waals surface area contributed by atoms with Gasteiger partial charge in [0.05, 0.1) is 6.04 Å². The second-order valence-electron chi connectivity index (χ2n) is 5.04. The molecule has 1 aliphatic heterocycles. The van der Waals surface area contributed by atoms with Crippen LogP contribution in [-0.4, -0.2) is 47.5 Å². The zero-order valence-electron chi connectivity index (χ0n) is 12.6. The second-order valence-corrected chi connectivity index (χ2v) is 6.52. The van der Waals surface area contributed by atoms with Gasteiger partial charge in [-0.15, -0.1) is 0 Å². The Morgan fingerprint density at radius 2 is 2.26 bits per heavy atom.